The van der Waals surface area contributed by atoms with Crippen LogP contribution in [0.1, 0.15) is 58.2 Å². The summed E-state index contributed by atoms with van der Waals surface area (Å²) in [6.45, 7) is 2.60. The molecule has 3 rings (SSSR count). The minimum atomic E-state index is -0.384. The number of benzene rings is 1. The van der Waals surface area contributed by atoms with Gasteiger partial charge in [0, 0.05) is 22.5 Å². The van der Waals surface area contributed by atoms with Crippen LogP contribution < -0.4 is 11.1 Å². The lowest BCUT2D eigenvalue weighted by atomic mass is 10.1. The molecular weight excluding hydrogens is 294 g/mol. The topological polar surface area (TPSA) is 68.0 Å². The SMILES string of the molecule is Cc1cc(NCc2csc(C3CCCC3)n2)ccc1C(N)=O. The maximum Gasteiger partial charge on any atom is 0.248 e. The van der Waals surface area contributed by atoms with Crippen LogP contribution in [-0.2, 0) is 6.54 Å². The molecule has 1 aliphatic carbocycles. The van der Waals surface area contributed by atoms with Gasteiger partial charge in [0.15, 0.2) is 0 Å². The number of nitrogens with zero attached hydrogens (tertiary/aromatic N) is 1. The zero-order valence-electron chi connectivity index (χ0n) is 12.8. The number of aryl methyl sites for hydroxylation is 1. The van der Waals surface area contributed by atoms with Crippen molar-refractivity contribution in [1.29, 1.82) is 0 Å². The zero-order valence-corrected chi connectivity index (χ0v) is 13.6. The summed E-state index contributed by atoms with van der Waals surface area (Å²) < 4.78 is 0. The Bertz CT molecular complexity index is 674. The molecule has 0 bridgehead atoms. The zero-order chi connectivity index (χ0) is 15.5. The van der Waals surface area contributed by atoms with Crippen LogP contribution in [0.4, 0.5) is 5.69 Å². The molecule has 1 amide bonds. The van der Waals surface area contributed by atoms with Crippen LogP contribution in [0, 0.1) is 6.92 Å². The number of carbonyl (C=O) groups is 1. The molecule has 4 nitrogen and oxygen atoms in total. The molecule has 1 heterocycles. The highest BCUT2D eigenvalue weighted by atomic mass is 32.1. The number of thiazole rings is 1. The van der Waals surface area contributed by atoms with Crippen molar-refractivity contribution in [2.75, 3.05) is 5.32 Å². The minimum absolute atomic E-state index is 0.384. The largest absolute Gasteiger partial charge is 0.379 e. The number of amides is 1. The molecule has 1 aromatic carbocycles. The predicted octanol–water partition coefficient (Wildman–Crippen LogP) is 3.82. The van der Waals surface area contributed by atoms with Crippen molar-refractivity contribution in [2.24, 2.45) is 5.73 Å². The Morgan fingerprint density at radius 2 is 2.18 bits per heavy atom. The molecule has 116 valence electrons. The van der Waals surface area contributed by atoms with E-state index in [1.54, 1.807) is 17.4 Å². The first-order valence-electron chi connectivity index (χ1n) is 7.72. The maximum atomic E-state index is 11.2. The van der Waals surface area contributed by atoms with Gasteiger partial charge in [-0.15, -0.1) is 11.3 Å². The molecule has 1 aromatic heterocycles. The number of hydrogen-bond acceptors (Lipinski definition) is 4. The van der Waals surface area contributed by atoms with Crippen molar-refractivity contribution < 1.29 is 4.79 Å². The third-order valence-corrected chi connectivity index (χ3v) is 5.30. The van der Waals surface area contributed by atoms with Gasteiger partial charge in [-0.25, -0.2) is 4.98 Å². The molecular formula is C17H21N3OS. The summed E-state index contributed by atoms with van der Waals surface area (Å²) in [4.78, 5) is 16.0. The molecule has 22 heavy (non-hydrogen) atoms. The normalized spacial score (nSPS) is 15.1. The first kappa shape index (κ1) is 15.0. The summed E-state index contributed by atoms with van der Waals surface area (Å²) >= 11 is 1.78. The molecule has 0 unspecified atom stereocenters. The Labute approximate surface area is 134 Å². The van der Waals surface area contributed by atoms with E-state index in [0.29, 0.717) is 18.0 Å². The van der Waals surface area contributed by atoms with Crippen molar-refractivity contribution in [3.05, 3.63) is 45.4 Å². The molecule has 0 saturated heterocycles. The van der Waals surface area contributed by atoms with Gasteiger partial charge in [-0.3, -0.25) is 4.79 Å². The van der Waals surface area contributed by atoms with Crippen molar-refractivity contribution in [3.63, 3.8) is 0 Å². The van der Waals surface area contributed by atoms with E-state index in [9.17, 15) is 4.79 Å². The van der Waals surface area contributed by atoms with Crippen molar-refractivity contribution >= 4 is 22.9 Å². The van der Waals surface area contributed by atoms with Crippen LogP contribution in [0.25, 0.3) is 0 Å². The van der Waals surface area contributed by atoms with Crippen LogP contribution in [0.15, 0.2) is 23.6 Å². The Morgan fingerprint density at radius 1 is 1.41 bits per heavy atom. The van der Waals surface area contributed by atoms with Gasteiger partial charge in [0.1, 0.15) is 0 Å². The molecule has 1 saturated carbocycles. The Hall–Kier alpha value is -1.88. The fourth-order valence-corrected chi connectivity index (χ4v) is 4.00. The van der Waals surface area contributed by atoms with Crippen molar-refractivity contribution in [2.45, 2.75) is 45.1 Å². The van der Waals surface area contributed by atoms with Crippen molar-refractivity contribution in [1.82, 2.24) is 4.98 Å². The molecule has 0 radical (unpaired) electrons. The van der Waals surface area contributed by atoms with E-state index in [1.165, 1.54) is 30.7 Å². The monoisotopic (exact) mass is 315 g/mol. The third-order valence-electron chi connectivity index (χ3n) is 4.24. The molecule has 1 aliphatic rings. The van der Waals surface area contributed by atoms with E-state index in [0.717, 1.165) is 16.9 Å². The van der Waals surface area contributed by atoms with Gasteiger partial charge in [0.05, 0.1) is 17.2 Å². The third kappa shape index (κ3) is 3.30. The lowest BCUT2D eigenvalue weighted by molar-refractivity contribution is 0.1000. The summed E-state index contributed by atoms with van der Waals surface area (Å²) in [6, 6.07) is 5.60. The lowest BCUT2D eigenvalue weighted by Gasteiger charge is -2.08. The quantitative estimate of drug-likeness (QED) is 0.881. The van der Waals surface area contributed by atoms with Crippen LogP contribution in [0.2, 0.25) is 0 Å². The Morgan fingerprint density at radius 3 is 2.86 bits per heavy atom. The fraction of sp³-hybridized carbons (Fsp3) is 0.412. The van der Waals surface area contributed by atoms with E-state index >= 15 is 0 Å². The van der Waals surface area contributed by atoms with Gasteiger partial charge in [0.2, 0.25) is 5.91 Å². The van der Waals surface area contributed by atoms with Crippen LogP contribution >= 0.6 is 11.3 Å². The molecule has 5 heteroatoms. The molecule has 0 spiro atoms. The van der Waals surface area contributed by atoms with Gasteiger partial charge in [-0.1, -0.05) is 12.8 Å². The van der Waals surface area contributed by atoms with Gasteiger partial charge in [-0.05, 0) is 43.5 Å². The highest BCUT2D eigenvalue weighted by molar-refractivity contribution is 7.09. The van der Waals surface area contributed by atoms with Crippen LogP contribution in [-0.4, -0.2) is 10.9 Å². The van der Waals surface area contributed by atoms with E-state index in [4.69, 9.17) is 10.7 Å². The number of aromatic nitrogens is 1. The maximum absolute atomic E-state index is 11.2. The van der Waals surface area contributed by atoms with E-state index in [2.05, 4.69) is 10.7 Å². The standard InChI is InChI=1S/C17H21N3OS/c1-11-8-13(6-7-15(11)16(18)21)19-9-14-10-22-17(20-14)12-4-2-3-5-12/h6-8,10,12,19H,2-5,9H2,1H3,(H2,18,21). The summed E-state index contributed by atoms with van der Waals surface area (Å²) in [7, 11) is 0. The second-order valence-electron chi connectivity index (χ2n) is 5.91. The number of nitrogens with two attached hydrogens (primary N) is 1. The summed E-state index contributed by atoms with van der Waals surface area (Å²) in [6.07, 6.45) is 5.24. The fourth-order valence-electron chi connectivity index (χ4n) is 3.01. The Balaban J connectivity index is 1.62. The first-order valence-corrected chi connectivity index (χ1v) is 8.60. The van der Waals surface area contributed by atoms with E-state index in [1.807, 2.05) is 19.1 Å². The molecule has 3 N–H and O–H groups in total. The lowest BCUT2D eigenvalue weighted by Crippen LogP contribution is -2.12. The smallest absolute Gasteiger partial charge is 0.248 e. The number of rotatable bonds is 5. The average molecular weight is 315 g/mol. The molecule has 2 aromatic rings. The van der Waals surface area contributed by atoms with Crippen LogP contribution in [0.5, 0.6) is 0 Å². The summed E-state index contributed by atoms with van der Waals surface area (Å²) in [5.41, 5.74) is 8.86. The van der Waals surface area contributed by atoms with Gasteiger partial charge in [-0.2, -0.15) is 0 Å². The summed E-state index contributed by atoms with van der Waals surface area (Å²) in [5.74, 6) is 0.292. The van der Waals surface area contributed by atoms with Crippen LogP contribution in [0.3, 0.4) is 0 Å². The number of hydrogen-bond donors (Lipinski definition) is 2. The number of carbonyl (C=O) groups excluding carboxylic acids is 1. The highest BCUT2D eigenvalue weighted by Crippen LogP contribution is 2.35. The summed E-state index contributed by atoms with van der Waals surface area (Å²) in [5, 5.41) is 6.79. The average Bonchev–Trinajstić information content (AvgIpc) is 3.16. The minimum Gasteiger partial charge on any atom is -0.379 e. The van der Waals surface area contributed by atoms with E-state index in [-0.39, 0.29) is 5.91 Å². The van der Waals surface area contributed by atoms with Gasteiger partial charge >= 0.3 is 0 Å². The first-order chi connectivity index (χ1) is 10.6. The van der Waals surface area contributed by atoms with Gasteiger partial charge < -0.3 is 11.1 Å². The Kier molecular flexibility index (Phi) is 4.43. The second-order valence-corrected chi connectivity index (χ2v) is 6.80. The molecule has 0 aliphatic heterocycles. The molecule has 1 fully saturated rings. The van der Waals surface area contributed by atoms with Gasteiger partial charge in [0.25, 0.3) is 0 Å². The molecule has 0 atom stereocenters. The number of nitrogens with one attached hydrogen (secondary N) is 1. The number of primary amides is 1. The predicted molar refractivity (Wildman–Crippen MR) is 90.3 cm³/mol. The van der Waals surface area contributed by atoms with Crippen molar-refractivity contribution in [3.8, 4) is 0 Å². The number of anilines is 1. The second kappa shape index (κ2) is 6.48. The van der Waals surface area contributed by atoms with E-state index < -0.39 is 0 Å². The highest BCUT2D eigenvalue weighted by Gasteiger charge is 2.19.